The van der Waals surface area contributed by atoms with E-state index in [2.05, 4.69) is 24.8 Å². The molecule has 0 fully saturated rings. The van der Waals surface area contributed by atoms with Crippen LogP contribution in [0.5, 0.6) is 11.5 Å². The second-order valence-electron chi connectivity index (χ2n) is 6.29. The van der Waals surface area contributed by atoms with Crippen molar-refractivity contribution in [1.29, 1.82) is 0 Å². The topological polar surface area (TPSA) is 41.9 Å². The second kappa shape index (κ2) is 9.66. The number of aliphatic hydroxyl groups excluding tert-OH is 1. The first-order valence-corrected chi connectivity index (χ1v) is 8.79. The van der Waals surface area contributed by atoms with Crippen molar-refractivity contribution in [2.45, 2.75) is 32.5 Å². The van der Waals surface area contributed by atoms with Crippen LogP contribution >= 0.6 is 11.6 Å². The summed E-state index contributed by atoms with van der Waals surface area (Å²) < 4.78 is 10.9. The van der Waals surface area contributed by atoms with Gasteiger partial charge in [-0.2, -0.15) is 0 Å². The fraction of sp³-hybridized carbons (Fsp3) is 0.400. The summed E-state index contributed by atoms with van der Waals surface area (Å²) in [5, 5.41) is 11.0. The molecule has 0 radical (unpaired) electrons. The Morgan fingerprint density at radius 1 is 1.08 bits per heavy atom. The number of halogens is 1. The molecule has 0 aromatic heterocycles. The zero-order valence-corrected chi connectivity index (χ0v) is 15.7. The molecule has 0 amide bonds. The molecule has 2 rings (SSSR count). The third-order valence-corrected chi connectivity index (χ3v) is 4.20. The van der Waals surface area contributed by atoms with Crippen LogP contribution in [-0.2, 0) is 6.54 Å². The lowest BCUT2D eigenvalue weighted by molar-refractivity contribution is 0.0543. The molecular formula is C20H26ClNO3. The zero-order valence-electron chi connectivity index (χ0n) is 15.0. The Morgan fingerprint density at radius 2 is 1.80 bits per heavy atom. The van der Waals surface area contributed by atoms with Gasteiger partial charge in [0, 0.05) is 24.2 Å². The van der Waals surface area contributed by atoms with E-state index < -0.39 is 6.10 Å². The maximum absolute atomic E-state index is 10.3. The van der Waals surface area contributed by atoms with Crippen LogP contribution in [0.15, 0.2) is 48.5 Å². The van der Waals surface area contributed by atoms with Crippen molar-refractivity contribution < 1.29 is 14.6 Å². The van der Waals surface area contributed by atoms with E-state index in [-0.39, 0.29) is 6.61 Å². The molecule has 1 atom stereocenters. The van der Waals surface area contributed by atoms with E-state index in [0.29, 0.717) is 23.4 Å². The highest BCUT2D eigenvalue weighted by Gasteiger charge is 2.16. The van der Waals surface area contributed by atoms with Crippen LogP contribution in [0.4, 0.5) is 0 Å². The standard InChI is InChI=1S/C20H26ClNO3/c1-15(2)22(12-16-5-4-6-20(11-16)24-3)13-18(23)14-25-19-9-7-17(21)8-10-19/h4-11,15,18,23H,12-14H2,1-3H3. The van der Waals surface area contributed by atoms with Crippen molar-refractivity contribution in [2.24, 2.45) is 0 Å². The Bertz CT molecular complexity index is 646. The van der Waals surface area contributed by atoms with Crippen LogP contribution in [0, 0.1) is 0 Å². The predicted octanol–water partition coefficient (Wildman–Crippen LogP) is 4.00. The first-order valence-electron chi connectivity index (χ1n) is 8.41. The van der Waals surface area contributed by atoms with Crippen molar-refractivity contribution in [3.63, 3.8) is 0 Å². The van der Waals surface area contributed by atoms with E-state index in [1.807, 2.05) is 18.2 Å². The minimum absolute atomic E-state index is 0.239. The quantitative estimate of drug-likeness (QED) is 0.731. The average Bonchev–Trinajstić information content (AvgIpc) is 2.60. The third kappa shape index (κ3) is 6.58. The fourth-order valence-corrected chi connectivity index (χ4v) is 2.64. The van der Waals surface area contributed by atoms with Gasteiger partial charge in [0.25, 0.3) is 0 Å². The summed E-state index contributed by atoms with van der Waals surface area (Å²) in [5.41, 5.74) is 1.15. The highest BCUT2D eigenvalue weighted by molar-refractivity contribution is 6.30. The Hall–Kier alpha value is -1.75. The van der Waals surface area contributed by atoms with Gasteiger partial charge >= 0.3 is 0 Å². The van der Waals surface area contributed by atoms with Gasteiger partial charge in [-0.1, -0.05) is 23.7 Å². The summed E-state index contributed by atoms with van der Waals surface area (Å²) in [6.45, 7) is 5.75. The molecule has 4 nitrogen and oxygen atoms in total. The SMILES string of the molecule is COc1cccc(CN(CC(O)COc2ccc(Cl)cc2)C(C)C)c1. The van der Waals surface area contributed by atoms with Gasteiger partial charge in [-0.05, 0) is 55.8 Å². The number of hydrogen-bond acceptors (Lipinski definition) is 4. The number of methoxy groups -OCH3 is 1. The Morgan fingerprint density at radius 3 is 2.44 bits per heavy atom. The molecule has 0 spiro atoms. The smallest absolute Gasteiger partial charge is 0.119 e. The van der Waals surface area contributed by atoms with Crippen LogP contribution in [0.2, 0.25) is 5.02 Å². The average molecular weight is 364 g/mol. The third-order valence-electron chi connectivity index (χ3n) is 3.95. The Balaban J connectivity index is 1.89. The van der Waals surface area contributed by atoms with E-state index in [0.717, 1.165) is 17.9 Å². The normalized spacial score (nSPS) is 12.4. The van der Waals surface area contributed by atoms with Crippen LogP contribution < -0.4 is 9.47 Å². The monoisotopic (exact) mass is 363 g/mol. The number of rotatable bonds is 9. The molecule has 0 aliphatic carbocycles. The van der Waals surface area contributed by atoms with Crippen molar-refractivity contribution in [1.82, 2.24) is 4.90 Å². The predicted molar refractivity (Wildman–Crippen MR) is 101 cm³/mol. The number of hydrogen-bond donors (Lipinski definition) is 1. The lowest BCUT2D eigenvalue weighted by Crippen LogP contribution is -2.39. The molecule has 0 saturated heterocycles. The molecule has 2 aromatic rings. The Kier molecular flexibility index (Phi) is 7.56. The Labute approximate surface area is 154 Å². The van der Waals surface area contributed by atoms with E-state index in [4.69, 9.17) is 21.1 Å². The first kappa shape index (κ1) is 19.6. The zero-order chi connectivity index (χ0) is 18.2. The molecule has 0 heterocycles. The minimum Gasteiger partial charge on any atom is -0.497 e. The van der Waals surface area contributed by atoms with E-state index in [9.17, 15) is 5.11 Å². The molecule has 25 heavy (non-hydrogen) atoms. The minimum atomic E-state index is -0.580. The van der Waals surface area contributed by atoms with Gasteiger partial charge in [-0.15, -0.1) is 0 Å². The molecule has 0 aliphatic rings. The van der Waals surface area contributed by atoms with Crippen molar-refractivity contribution in [3.8, 4) is 11.5 Å². The number of nitrogens with zero attached hydrogens (tertiary/aromatic N) is 1. The largest absolute Gasteiger partial charge is 0.497 e. The molecule has 136 valence electrons. The van der Waals surface area contributed by atoms with Crippen molar-refractivity contribution in [2.75, 3.05) is 20.3 Å². The van der Waals surface area contributed by atoms with Gasteiger partial charge in [0.1, 0.15) is 24.2 Å². The first-order chi connectivity index (χ1) is 12.0. The summed E-state index contributed by atoms with van der Waals surface area (Å²) in [6, 6.07) is 15.4. The summed E-state index contributed by atoms with van der Waals surface area (Å²) >= 11 is 5.86. The number of aliphatic hydroxyl groups is 1. The highest BCUT2D eigenvalue weighted by Crippen LogP contribution is 2.17. The molecule has 2 aromatic carbocycles. The number of ether oxygens (including phenoxy) is 2. The van der Waals surface area contributed by atoms with Crippen LogP contribution in [0.1, 0.15) is 19.4 Å². The van der Waals surface area contributed by atoms with E-state index >= 15 is 0 Å². The summed E-state index contributed by atoms with van der Waals surface area (Å²) in [4.78, 5) is 2.21. The summed E-state index contributed by atoms with van der Waals surface area (Å²) in [6.07, 6.45) is -0.580. The van der Waals surface area contributed by atoms with Crippen LogP contribution in [0.3, 0.4) is 0 Å². The maximum Gasteiger partial charge on any atom is 0.119 e. The molecule has 5 heteroatoms. The molecule has 0 saturated carbocycles. The van der Waals surface area contributed by atoms with Gasteiger partial charge in [-0.25, -0.2) is 0 Å². The molecular weight excluding hydrogens is 338 g/mol. The van der Waals surface area contributed by atoms with E-state index in [1.165, 1.54) is 0 Å². The van der Waals surface area contributed by atoms with Gasteiger partial charge in [0.2, 0.25) is 0 Å². The number of benzene rings is 2. The molecule has 0 bridgehead atoms. The fourth-order valence-electron chi connectivity index (χ4n) is 2.51. The maximum atomic E-state index is 10.3. The van der Waals surface area contributed by atoms with Gasteiger partial charge in [0.05, 0.1) is 7.11 Å². The lowest BCUT2D eigenvalue weighted by Gasteiger charge is -2.29. The van der Waals surface area contributed by atoms with Gasteiger partial charge < -0.3 is 14.6 Å². The van der Waals surface area contributed by atoms with Gasteiger partial charge in [0.15, 0.2) is 0 Å². The van der Waals surface area contributed by atoms with Crippen LogP contribution in [0.25, 0.3) is 0 Å². The van der Waals surface area contributed by atoms with Crippen LogP contribution in [-0.4, -0.2) is 42.4 Å². The van der Waals surface area contributed by atoms with Crippen molar-refractivity contribution in [3.05, 3.63) is 59.1 Å². The summed E-state index contributed by atoms with van der Waals surface area (Å²) in [5.74, 6) is 1.54. The molecule has 1 N–H and O–H groups in total. The highest BCUT2D eigenvalue weighted by atomic mass is 35.5. The molecule has 1 unspecified atom stereocenters. The van der Waals surface area contributed by atoms with E-state index in [1.54, 1.807) is 31.4 Å². The lowest BCUT2D eigenvalue weighted by atomic mass is 10.1. The molecule has 0 aliphatic heterocycles. The van der Waals surface area contributed by atoms with Crippen molar-refractivity contribution >= 4 is 11.6 Å². The van der Waals surface area contributed by atoms with Gasteiger partial charge in [-0.3, -0.25) is 4.90 Å². The second-order valence-corrected chi connectivity index (χ2v) is 6.73. The summed E-state index contributed by atoms with van der Waals surface area (Å²) in [7, 11) is 1.66.